The van der Waals surface area contributed by atoms with Crippen molar-refractivity contribution in [2.75, 3.05) is 5.32 Å². The minimum absolute atomic E-state index is 0.0216. The molecule has 1 aromatic heterocycles. The summed E-state index contributed by atoms with van der Waals surface area (Å²) in [5, 5.41) is 4.03. The summed E-state index contributed by atoms with van der Waals surface area (Å²) in [4.78, 5) is 17.6. The predicted octanol–water partition coefficient (Wildman–Crippen LogP) is 5.40. The van der Waals surface area contributed by atoms with Crippen molar-refractivity contribution in [3.8, 4) is 0 Å². The Balaban J connectivity index is 1.77. The van der Waals surface area contributed by atoms with Crippen LogP contribution in [0.2, 0.25) is 0 Å². The topological polar surface area (TPSA) is 42.0 Å². The summed E-state index contributed by atoms with van der Waals surface area (Å²) in [6.45, 7) is 3.90. The Morgan fingerprint density at radius 1 is 1.04 bits per heavy atom. The van der Waals surface area contributed by atoms with Crippen LogP contribution in [0.4, 0.5) is 10.8 Å². The predicted molar refractivity (Wildman–Crippen MR) is 101 cm³/mol. The van der Waals surface area contributed by atoms with Gasteiger partial charge in [0.15, 0.2) is 10.9 Å². The van der Waals surface area contributed by atoms with Crippen LogP contribution in [-0.4, -0.2) is 10.8 Å². The van der Waals surface area contributed by atoms with Crippen molar-refractivity contribution in [2.45, 2.75) is 13.8 Å². The van der Waals surface area contributed by atoms with Crippen molar-refractivity contribution in [3.63, 3.8) is 0 Å². The number of carbonyl (C=O) groups excluding carboxylic acids is 1. The molecule has 1 heterocycles. The van der Waals surface area contributed by atoms with Crippen LogP contribution in [0.1, 0.15) is 26.5 Å². The molecule has 3 rings (SSSR count). The molecule has 0 saturated carbocycles. The maximum atomic E-state index is 12.4. The van der Waals surface area contributed by atoms with E-state index in [0.29, 0.717) is 4.88 Å². The van der Waals surface area contributed by atoms with Crippen molar-refractivity contribution in [3.05, 3.63) is 82.4 Å². The monoisotopic (exact) mass is 334 g/mol. The van der Waals surface area contributed by atoms with E-state index in [1.165, 1.54) is 11.3 Å². The standard InChI is InChI=1S/C20H18N2OS/c1-14-8-6-7-11-17(14)22-20-21-15(2)19(24-20)18(23)13-12-16-9-4-3-5-10-16/h3-13H,1-2H3,(H,21,22)/b13-12+. The number of hydrogen-bond acceptors (Lipinski definition) is 4. The first-order valence-electron chi connectivity index (χ1n) is 7.71. The molecule has 0 aliphatic heterocycles. The third kappa shape index (κ3) is 3.78. The molecule has 0 aliphatic rings. The third-order valence-electron chi connectivity index (χ3n) is 3.63. The lowest BCUT2D eigenvalue weighted by atomic mass is 10.2. The Morgan fingerprint density at radius 3 is 2.50 bits per heavy atom. The van der Waals surface area contributed by atoms with Gasteiger partial charge in [-0.15, -0.1) is 0 Å². The molecular weight excluding hydrogens is 316 g/mol. The molecule has 0 fully saturated rings. The molecular formula is C20H18N2OS. The normalized spacial score (nSPS) is 10.9. The van der Waals surface area contributed by atoms with Crippen LogP contribution in [0, 0.1) is 13.8 Å². The van der Waals surface area contributed by atoms with Crippen LogP contribution in [0.5, 0.6) is 0 Å². The van der Waals surface area contributed by atoms with Gasteiger partial charge in [0.2, 0.25) is 0 Å². The number of para-hydroxylation sites is 1. The quantitative estimate of drug-likeness (QED) is 0.502. The van der Waals surface area contributed by atoms with Crippen LogP contribution in [0.15, 0.2) is 60.7 Å². The van der Waals surface area contributed by atoms with E-state index in [9.17, 15) is 4.79 Å². The molecule has 0 atom stereocenters. The Morgan fingerprint density at radius 2 is 1.75 bits per heavy atom. The molecule has 4 heteroatoms. The van der Waals surface area contributed by atoms with Crippen molar-refractivity contribution in [1.82, 2.24) is 4.98 Å². The number of thiazole rings is 1. The van der Waals surface area contributed by atoms with Crippen LogP contribution >= 0.6 is 11.3 Å². The first kappa shape index (κ1) is 16.1. The van der Waals surface area contributed by atoms with E-state index in [1.54, 1.807) is 6.08 Å². The summed E-state index contributed by atoms with van der Waals surface area (Å²) in [5.74, 6) is -0.0216. The molecule has 0 saturated heterocycles. The fourth-order valence-corrected chi connectivity index (χ4v) is 3.22. The summed E-state index contributed by atoms with van der Waals surface area (Å²) < 4.78 is 0. The Bertz CT molecular complexity index is 882. The summed E-state index contributed by atoms with van der Waals surface area (Å²) in [7, 11) is 0. The van der Waals surface area contributed by atoms with Crippen LogP contribution < -0.4 is 5.32 Å². The van der Waals surface area contributed by atoms with Crippen molar-refractivity contribution >= 4 is 34.0 Å². The number of anilines is 2. The molecule has 1 N–H and O–H groups in total. The Kier molecular flexibility index (Phi) is 4.87. The minimum atomic E-state index is -0.0216. The maximum absolute atomic E-state index is 12.4. The first-order chi connectivity index (χ1) is 11.6. The molecule has 0 bridgehead atoms. The number of nitrogens with zero attached hydrogens (tertiary/aromatic N) is 1. The van der Waals surface area contributed by atoms with Crippen LogP contribution in [-0.2, 0) is 0 Å². The van der Waals surface area contributed by atoms with Gasteiger partial charge in [0, 0.05) is 5.69 Å². The van der Waals surface area contributed by atoms with Crippen LogP contribution in [0.3, 0.4) is 0 Å². The zero-order chi connectivity index (χ0) is 16.9. The molecule has 3 nitrogen and oxygen atoms in total. The average Bonchev–Trinajstić information content (AvgIpc) is 2.96. The number of allylic oxidation sites excluding steroid dienone is 1. The fraction of sp³-hybridized carbons (Fsp3) is 0.100. The van der Waals surface area contributed by atoms with E-state index < -0.39 is 0 Å². The zero-order valence-corrected chi connectivity index (χ0v) is 14.4. The average molecular weight is 334 g/mol. The number of aromatic nitrogens is 1. The number of benzene rings is 2. The van der Waals surface area contributed by atoms with Gasteiger partial charge in [-0.25, -0.2) is 4.98 Å². The highest BCUT2D eigenvalue weighted by atomic mass is 32.1. The summed E-state index contributed by atoms with van der Waals surface area (Å²) in [6.07, 6.45) is 3.43. The molecule has 3 aromatic rings. The lowest BCUT2D eigenvalue weighted by Gasteiger charge is -2.05. The second kappa shape index (κ2) is 7.23. The van der Waals surface area contributed by atoms with E-state index >= 15 is 0 Å². The number of rotatable bonds is 5. The number of hydrogen-bond donors (Lipinski definition) is 1. The second-order valence-corrected chi connectivity index (χ2v) is 6.48. The van der Waals surface area contributed by atoms with Gasteiger partial charge in [-0.1, -0.05) is 65.9 Å². The van der Waals surface area contributed by atoms with E-state index in [0.717, 1.165) is 27.6 Å². The Hall–Kier alpha value is -2.72. The maximum Gasteiger partial charge on any atom is 0.197 e. The first-order valence-corrected chi connectivity index (χ1v) is 8.52. The highest BCUT2D eigenvalue weighted by molar-refractivity contribution is 7.17. The number of nitrogens with one attached hydrogen (secondary N) is 1. The van der Waals surface area contributed by atoms with Gasteiger partial charge in [-0.2, -0.15) is 0 Å². The summed E-state index contributed by atoms with van der Waals surface area (Å²) in [5.41, 5.74) is 3.90. The molecule has 2 aromatic carbocycles. The molecule has 0 radical (unpaired) electrons. The number of ketones is 1. The molecule has 0 spiro atoms. The Labute approximate surface area is 145 Å². The van der Waals surface area contributed by atoms with Crippen LogP contribution in [0.25, 0.3) is 6.08 Å². The van der Waals surface area contributed by atoms with Gasteiger partial charge in [0.05, 0.1) is 10.6 Å². The fourth-order valence-electron chi connectivity index (χ4n) is 2.32. The SMILES string of the molecule is Cc1ccccc1Nc1nc(C)c(C(=O)/C=C/c2ccccc2)s1. The van der Waals surface area contributed by atoms with E-state index in [2.05, 4.69) is 10.3 Å². The van der Waals surface area contributed by atoms with Crippen molar-refractivity contribution in [2.24, 2.45) is 0 Å². The lowest BCUT2D eigenvalue weighted by Crippen LogP contribution is -1.93. The lowest BCUT2D eigenvalue weighted by molar-refractivity contribution is 0.105. The van der Waals surface area contributed by atoms with E-state index in [4.69, 9.17) is 0 Å². The van der Waals surface area contributed by atoms with Gasteiger partial charge in [0.25, 0.3) is 0 Å². The van der Waals surface area contributed by atoms with Gasteiger partial charge in [-0.05, 0) is 37.1 Å². The van der Waals surface area contributed by atoms with E-state index in [-0.39, 0.29) is 5.78 Å². The number of carbonyl (C=O) groups is 1. The minimum Gasteiger partial charge on any atom is -0.331 e. The number of aryl methyl sites for hydroxylation is 2. The molecule has 0 aliphatic carbocycles. The van der Waals surface area contributed by atoms with Crippen molar-refractivity contribution < 1.29 is 4.79 Å². The molecule has 24 heavy (non-hydrogen) atoms. The summed E-state index contributed by atoms with van der Waals surface area (Å²) >= 11 is 1.38. The smallest absolute Gasteiger partial charge is 0.197 e. The van der Waals surface area contributed by atoms with Gasteiger partial charge in [-0.3, -0.25) is 4.79 Å². The van der Waals surface area contributed by atoms with Gasteiger partial charge in [0.1, 0.15) is 0 Å². The largest absolute Gasteiger partial charge is 0.331 e. The zero-order valence-electron chi connectivity index (χ0n) is 13.6. The van der Waals surface area contributed by atoms with Gasteiger partial charge >= 0.3 is 0 Å². The van der Waals surface area contributed by atoms with Gasteiger partial charge < -0.3 is 5.32 Å². The van der Waals surface area contributed by atoms with Crippen molar-refractivity contribution in [1.29, 1.82) is 0 Å². The van der Waals surface area contributed by atoms with E-state index in [1.807, 2.05) is 74.5 Å². The third-order valence-corrected chi connectivity index (χ3v) is 4.72. The highest BCUT2D eigenvalue weighted by Gasteiger charge is 2.13. The molecule has 0 unspecified atom stereocenters. The molecule has 0 amide bonds. The second-order valence-electron chi connectivity index (χ2n) is 5.48. The highest BCUT2D eigenvalue weighted by Crippen LogP contribution is 2.27. The molecule has 120 valence electrons. The summed E-state index contributed by atoms with van der Waals surface area (Å²) in [6, 6.07) is 17.8.